The lowest BCUT2D eigenvalue weighted by molar-refractivity contribution is -0.142. The van der Waals surface area contributed by atoms with E-state index in [0.29, 0.717) is 0 Å². The van der Waals surface area contributed by atoms with Crippen molar-refractivity contribution in [3.05, 3.63) is 24.5 Å². The molecule has 1 rings (SSSR count). The highest BCUT2D eigenvalue weighted by atomic mass is 16.8. The second-order valence-electron chi connectivity index (χ2n) is 3.81. The minimum Gasteiger partial charge on any atom is -0.510 e. The Morgan fingerprint density at radius 2 is 1.69 bits per heavy atom. The van der Waals surface area contributed by atoms with E-state index in [0.717, 1.165) is 5.57 Å². The third-order valence-electron chi connectivity index (χ3n) is 1.91. The summed E-state index contributed by atoms with van der Waals surface area (Å²) in [5, 5.41) is 9.26. The van der Waals surface area contributed by atoms with Gasteiger partial charge in [0.15, 0.2) is 5.79 Å². The van der Waals surface area contributed by atoms with Gasteiger partial charge >= 0.3 is 0 Å². The third kappa shape index (κ3) is 2.11. The molecule has 3 heteroatoms. The Labute approximate surface area is 78.7 Å². The van der Waals surface area contributed by atoms with Crippen LogP contribution in [0, 0.1) is 0 Å². The molecule has 0 aromatic carbocycles. The van der Waals surface area contributed by atoms with Crippen LogP contribution in [0.25, 0.3) is 0 Å². The highest BCUT2D eigenvalue weighted by Gasteiger charge is 2.43. The minimum absolute atomic E-state index is 0.0152. The lowest BCUT2D eigenvalue weighted by Crippen LogP contribution is -2.24. The largest absolute Gasteiger partial charge is 0.510 e. The summed E-state index contributed by atoms with van der Waals surface area (Å²) in [6.07, 6.45) is -0.792. The maximum Gasteiger partial charge on any atom is 0.164 e. The maximum atomic E-state index is 9.26. The van der Waals surface area contributed by atoms with E-state index >= 15 is 0 Å². The molecule has 0 spiro atoms. The Hall–Kier alpha value is -0.800. The number of aliphatic hydroxyl groups is 1. The van der Waals surface area contributed by atoms with E-state index < -0.39 is 11.9 Å². The van der Waals surface area contributed by atoms with Crippen LogP contribution < -0.4 is 0 Å². The first-order valence-corrected chi connectivity index (χ1v) is 4.22. The van der Waals surface area contributed by atoms with Crippen LogP contribution in [0.4, 0.5) is 0 Å². The second kappa shape index (κ2) is 3.16. The molecule has 1 aliphatic rings. The molecule has 0 amide bonds. The van der Waals surface area contributed by atoms with Crippen LogP contribution in [0.2, 0.25) is 0 Å². The summed E-state index contributed by atoms with van der Waals surface area (Å²) >= 11 is 0. The molecule has 3 nitrogen and oxygen atoms in total. The Balaban J connectivity index is 2.83. The van der Waals surface area contributed by atoms with Gasteiger partial charge in [0, 0.05) is 0 Å². The zero-order valence-electron chi connectivity index (χ0n) is 8.33. The molecular formula is C10H16O3. The molecule has 74 valence electrons. The monoisotopic (exact) mass is 184 g/mol. The Bertz CT molecular complexity index is 219. The quantitative estimate of drug-likeness (QED) is 0.528. The molecule has 1 fully saturated rings. The van der Waals surface area contributed by atoms with Gasteiger partial charge in [-0.1, -0.05) is 13.2 Å². The Kier molecular flexibility index (Phi) is 2.50. The number of hydrogen-bond acceptors (Lipinski definition) is 3. The van der Waals surface area contributed by atoms with E-state index in [-0.39, 0.29) is 11.9 Å². The molecule has 1 unspecified atom stereocenters. The molecule has 1 aliphatic heterocycles. The van der Waals surface area contributed by atoms with Gasteiger partial charge in [0.25, 0.3) is 0 Å². The first-order chi connectivity index (χ1) is 5.83. The van der Waals surface area contributed by atoms with Gasteiger partial charge in [-0.05, 0) is 26.3 Å². The average Bonchev–Trinajstić information content (AvgIpc) is 2.26. The minimum atomic E-state index is -0.681. The van der Waals surface area contributed by atoms with Gasteiger partial charge in [0.2, 0.25) is 0 Å². The van der Waals surface area contributed by atoms with Crippen LogP contribution in [-0.2, 0) is 9.47 Å². The molecule has 2 atom stereocenters. The molecule has 0 radical (unpaired) electrons. The van der Waals surface area contributed by atoms with Crippen LogP contribution >= 0.6 is 0 Å². The van der Waals surface area contributed by atoms with Crippen molar-refractivity contribution < 1.29 is 14.6 Å². The first-order valence-electron chi connectivity index (χ1n) is 4.22. The molecule has 1 heterocycles. The van der Waals surface area contributed by atoms with Gasteiger partial charge in [0.05, 0.1) is 0 Å². The van der Waals surface area contributed by atoms with Gasteiger partial charge < -0.3 is 14.6 Å². The highest BCUT2D eigenvalue weighted by Crippen LogP contribution is 2.33. The fourth-order valence-electron chi connectivity index (χ4n) is 1.36. The van der Waals surface area contributed by atoms with Crippen molar-refractivity contribution in [3.8, 4) is 0 Å². The summed E-state index contributed by atoms with van der Waals surface area (Å²) in [5.74, 6) is -0.696. The number of rotatable bonds is 2. The molecular weight excluding hydrogens is 168 g/mol. The average molecular weight is 184 g/mol. The number of hydrogen-bond donors (Lipinski definition) is 1. The first kappa shape index (κ1) is 10.3. The van der Waals surface area contributed by atoms with Crippen molar-refractivity contribution in [2.24, 2.45) is 0 Å². The maximum absolute atomic E-state index is 9.26. The summed E-state index contributed by atoms with van der Waals surface area (Å²) in [5.41, 5.74) is 0.825. The zero-order valence-corrected chi connectivity index (χ0v) is 8.33. The standard InChI is InChI=1S/C10H16O3/c1-6(2)8-9(7(3)11)13-10(4,5)12-8/h8-9,11H,1,3H2,2,4-5H3/t8?,9-/m0/s1. The summed E-state index contributed by atoms with van der Waals surface area (Å²) in [6.45, 7) is 12.7. The van der Waals surface area contributed by atoms with Crippen LogP contribution in [-0.4, -0.2) is 23.1 Å². The van der Waals surface area contributed by atoms with Gasteiger partial charge in [0.1, 0.15) is 18.0 Å². The number of ether oxygens (including phenoxy) is 2. The summed E-state index contributed by atoms with van der Waals surface area (Å²) in [6, 6.07) is 0. The lowest BCUT2D eigenvalue weighted by Gasteiger charge is -2.16. The van der Waals surface area contributed by atoms with Gasteiger partial charge in [-0.15, -0.1) is 0 Å². The fourth-order valence-corrected chi connectivity index (χ4v) is 1.36. The van der Waals surface area contributed by atoms with Gasteiger partial charge in [-0.25, -0.2) is 0 Å². The molecule has 0 saturated carbocycles. The van der Waals surface area contributed by atoms with E-state index in [1.165, 1.54) is 0 Å². The van der Waals surface area contributed by atoms with E-state index in [1.54, 1.807) is 13.8 Å². The zero-order chi connectivity index (χ0) is 10.2. The summed E-state index contributed by atoms with van der Waals surface area (Å²) < 4.78 is 11.0. The van der Waals surface area contributed by atoms with E-state index in [9.17, 15) is 5.11 Å². The summed E-state index contributed by atoms with van der Waals surface area (Å²) in [7, 11) is 0. The predicted octanol–water partition coefficient (Wildman–Crippen LogP) is 2.15. The number of aliphatic hydroxyl groups excluding tert-OH is 1. The van der Waals surface area contributed by atoms with E-state index in [4.69, 9.17) is 9.47 Å². The molecule has 13 heavy (non-hydrogen) atoms. The van der Waals surface area contributed by atoms with Crippen molar-refractivity contribution in [3.63, 3.8) is 0 Å². The van der Waals surface area contributed by atoms with Crippen LogP contribution in [0.5, 0.6) is 0 Å². The SMILES string of the molecule is C=C(C)C1OC(C)(C)O[C@H]1C(=C)O. The van der Waals surface area contributed by atoms with Crippen LogP contribution in [0.15, 0.2) is 24.5 Å². The normalized spacial score (nSPS) is 31.6. The van der Waals surface area contributed by atoms with Gasteiger partial charge in [-0.2, -0.15) is 0 Å². The van der Waals surface area contributed by atoms with E-state index in [2.05, 4.69) is 13.2 Å². The highest BCUT2D eigenvalue weighted by molar-refractivity contribution is 5.12. The van der Waals surface area contributed by atoms with Crippen molar-refractivity contribution in [2.75, 3.05) is 0 Å². The fraction of sp³-hybridized carbons (Fsp3) is 0.600. The Morgan fingerprint density at radius 3 is 2.00 bits per heavy atom. The lowest BCUT2D eigenvalue weighted by atomic mass is 10.1. The van der Waals surface area contributed by atoms with Crippen molar-refractivity contribution in [1.29, 1.82) is 0 Å². The molecule has 0 aromatic heterocycles. The topological polar surface area (TPSA) is 38.7 Å². The van der Waals surface area contributed by atoms with Crippen molar-refractivity contribution >= 4 is 0 Å². The van der Waals surface area contributed by atoms with Crippen LogP contribution in [0.1, 0.15) is 20.8 Å². The van der Waals surface area contributed by atoms with Crippen LogP contribution in [0.3, 0.4) is 0 Å². The molecule has 0 aliphatic carbocycles. The molecule has 1 saturated heterocycles. The third-order valence-corrected chi connectivity index (χ3v) is 1.91. The predicted molar refractivity (Wildman–Crippen MR) is 50.4 cm³/mol. The molecule has 1 N–H and O–H groups in total. The van der Waals surface area contributed by atoms with Crippen molar-refractivity contribution in [1.82, 2.24) is 0 Å². The smallest absolute Gasteiger partial charge is 0.164 e. The van der Waals surface area contributed by atoms with E-state index in [1.807, 2.05) is 6.92 Å². The Morgan fingerprint density at radius 1 is 1.23 bits per heavy atom. The molecule has 0 bridgehead atoms. The van der Waals surface area contributed by atoms with Crippen molar-refractivity contribution in [2.45, 2.75) is 38.8 Å². The van der Waals surface area contributed by atoms with Gasteiger partial charge in [-0.3, -0.25) is 0 Å². The molecule has 0 aromatic rings. The summed E-state index contributed by atoms with van der Waals surface area (Å²) in [4.78, 5) is 0. The second-order valence-corrected chi connectivity index (χ2v) is 3.81.